The van der Waals surface area contributed by atoms with Gasteiger partial charge in [0.1, 0.15) is 0 Å². The molecule has 0 radical (unpaired) electrons. The maximum Gasteiger partial charge on any atom is 0.306 e. The molecule has 19 heavy (non-hydrogen) atoms. The summed E-state index contributed by atoms with van der Waals surface area (Å²) in [6, 6.07) is 0. The highest BCUT2D eigenvalue weighted by Crippen LogP contribution is 2.33. The summed E-state index contributed by atoms with van der Waals surface area (Å²) in [5.41, 5.74) is -0.648. The van der Waals surface area contributed by atoms with E-state index in [9.17, 15) is 9.90 Å². The first-order chi connectivity index (χ1) is 9.09. The second kappa shape index (κ2) is 6.71. The molecule has 4 nitrogen and oxygen atoms in total. The molecule has 1 aliphatic heterocycles. The Morgan fingerprint density at radius 2 is 1.58 bits per heavy atom. The minimum Gasteiger partial charge on any atom is -0.481 e. The fourth-order valence-electron chi connectivity index (χ4n) is 3.45. The minimum absolute atomic E-state index is 0.243. The molecular weight excluding hydrogens is 242 g/mol. The van der Waals surface area contributed by atoms with Gasteiger partial charge in [-0.05, 0) is 51.6 Å². The highest BCUT2D eigenvalue weighted by molar-refractivity contribution is 5.70. The Morgan fingerprint density at radius 1 is 1.05 bits per heavy atom. The van der Waals surface area contributed by atoms with Crippen LogP contribution in [-0.2, 0) is 4.79 Å². The molecule has 2 fully saturated rings. The normalized spacial score (nSPS) is 34.5. The summed E-state index contributed by atoms with van der Waals surface area (Å²) in [4.78, 5) is 13.3. The van der Waals surface area contributed by atoms with E-state index in [0.29, 0.717) is 25.7 Å². The smallest absolute Gasteiger partial charge is 0.306 e. The van der Waals surface area contributed by atoms with Crippen LogP contribution >= 0.6 is 0 Å². The Bertz CT molecular complexity index is 290. The third-order valence-electron chi connectivity index (χ3n) is 4.73. The van der Waals surface area contributed by atoms with E-state index < -0.39 is 11.6 Å². The zero-order chi connectivity index (χ0) is 13.7. The van der Waals surface area contributed by atoms with Gasteiger partial charge in [0.15, 0.2) is 0 Å². The van der Waals surface area contributed by atoms with Gasteiger partial charge in [-0.25, -0.2) is 0 Å². The van der Waals surface area contributed by atoms with Gasteiger partial charge in [-0.3, -0.25) is 4.79 Å². The summed E-state index contributed by atoms with van der Waals surface area (Å²) in [6.45, 7) is 2.91. The quantitative estimate of drug-likeness (QED) is 0.825. The highest BCUT2D eigenvalue weighted by atomic mass is 16.4. The topological polar surface area (TPSA) is 60.8 Å². The zero-order valence-electron chi connectivity index (χ0n) is 11.8. The van der Waals surface area contributed by atoms with Crippen LogP contribution in [0.5, 0.6) is 0 Å². The molecule has 0 bridgehead atoms. The van der Waals surface area contributed by atoms with Crippen molar-refractivity contribution in [2.75, 3.05) is 19.6 Å². The van der Waals surface area contributed by atoms with Crippen LogP contribution in [0, 0.1) is 5.92 Å². The molecule has 0 atom stereocenters. The van der Waals surface area contributed by atoms with Gasteiger partial charge in [0.2, 0.25) is 0 Å². The van der Waals surface area contributed by atoms with Crippen LogP contribution < -0.4 is 0 Å². The molecule has 4 heteroatoms. The van der Waals surface area contributed by atoms with E-state index in [1.165, 1.54) is 32.1 Å². The van der Waals surface area contributed by atoms with E-state index >= 15 is 0 Å². The number of carboxylic acid groups (broad SMARTS) is 1. The van der Waals surface area contributed by atoms with Gasteiger partial charge in [0.05, 0.1) is 11.5 Å². The van der Waals surface area contributed by atoms with Crippen molar-refractivity contribution in [3.8, 4) is 0 Å². The fourth-order valence-corrected chi connectivity index (χ4v) is 3.45. The number of likely N-dealkylation sites (tertiary alicyclic amines) is 1. The summed E-state index contributed by atoms with van der Waals surface area (Å²) in [5.74, 6) is -0.944. The Balaban J connectivity index is 1.82. The van der Waals surface area contributed by atoms with Crippen LogP contribution in [0.25, 0.3) is 0 Å². The van der Waals surface area contributed by atoms with Crippen molar-refractivity contribution in [2.45, 2.75) is 63.4 Å². The molecular formula is C15H27NO3. The van der Waals surface area contributed by atoms with Crippen molar-refractivity contribution in [2.24, 2.45) is 5.92 Å². The first-order valence-electron chi connectivity index (χ1n) is 7.77. The maximum absolute atomic E-state index is 10.9. The van der Waals surface area contributed by atoms with Crippen molar-refractivity contribution in [1.29, 1.82) is 0 Å². The molecule has 0 unspecified atom stereocenters. The van der Waals surface area contributed by atoms with E-state index in [-0.39, 0.29) is 5.92 Å². The van der Waals surface area contributed by atoms with Crippen molar-refractivity contribution < 1.29 is 15.0 Å². The van der Waals surface area contributed by atoms with Gasteiger partial charge in [-0.1, -0.05) is 19.3 Å². The molecule has 2 N–H and O–H groups in total. The van der Waals surface area contributed by atoms with Crippen molar-refractivity contribution in [3.05, 3.63) is 0 Å². The second-order valence-corrected chi connectivity index (χ2v) is 6.38. The molecule has 1 saturated carbocycles. The van der Waals surface area contributed by atoms with Crippen LogP contribution in [0.2, 0.25) is 0 Å². The summed E-state index contributed by atoms with van der Waals surface area (Å²) in [7, 11) is 0. The lowest BCUT2D eigenvalue weighted by Crippen LogP contribution is -2.47. The number of aliphatic carboxylic acids is 1. The second-order valence-electron chi connectivity index (χ2n) is 6.38. The third kappa shape index (κ3) is 4.46. The fraction of sp³-hybridized carbons (Fsp3) is 0.933. The van der Waals surface area contributed by atoms with Crippen LogP contribution in [0.15, 0.2) is 0 Å². The monoisotopic (exact) mass is 269 g/mol. The Hall–Kier alpha value is -0.610. The first-order valence-corrected chi connectivity index (χ1v) is 7.77. The summed E-state index contributed by atoms with van der Waals surface area (Å²) < 4.78 is 0. The van der Waals surface area contributed by atoms with Crippen LogP contribution in [0.4, 0.5) is 0 Å². The van der Waals surface area contributed by atoms with Crippen molar-refractivity contribution in [3.63, 3.8) is 0 Å². The average molecular weight is 269 g/mol. The lowest BCUT2D eigenvalue weighted by molar-refractivity contribution is -0.145. The lowest BCUT2D eigenvalue weighted by Gasteiger charge is -2.39. The van der Waals surface area contributed by atoms with Gasteiger partial charge in [0.25, 0.3) is 0 Å². The number of hydrogen-bond donors (Lipinski definition) is 2. The van der Waals surface area contributed by atoms with Crippen LogP contribution in [0.3, 0.4) is 0 Å². The zero-order valence-corrected chi connectivity index (χ0v) is 11.8. The van der Waals surface area contributed by atoms with E-state index in [1.54, 1.807) is 0 Å². The van der Waals surface area contributed by atoms with Crippen LogP contribution in [0.1, 0.15) is 57.8 Å². The number of β-amino-alcohol motifs (C(OH)–C–C–N with tert-alkyl or cyclic N) is 1. The average Bonchev–Trinajstić information content (AvgIpc) is 2.33. The number of carbonyl (C=O) groups is 1. The number of rotatable bonds is 3. The van der Waals surface area contributed by atoms with E-state index in [1.807, 2.05) is 0 Å². The molecule has 0 aromatic carbocycles. The lowest BCUT2D eigenvalue weighted by atomic mass is 9.78. The van der Waals surface area contributed by atoms with E-state index in [0.717, 1.165) is 19.6 Å². The van der Waals surface area contributed by atoms with E-state index in [2.05, 4.69) is 4.90 Å². The van der Waals surface area contributed by atoms with Gasteiger partial charge in [0, 0.05) is 6.54 Å². The summed E-state index contributed by atoms with van der Waals surface area (Å²) in [5, 5.41) is 19.7. The molecule has 0 amide bonds. The molecule has 0 aromatic rings. The van der Waals surface area contributed by atoms with Crippen molar-refractivity contribution >= 4 is 5.97 Å². The number of hydrogen-bond acceptors (Lipinski definition) is 3. The molecule has 110 valence electrons. The summed E-state index contributed by atoms with van der Waals surface area (Å²) in [6.07, 6.45) is 8.94. The van der Waals surface area contributed by atoms with Gasteiger partial charge in [-0.15, -0.1) is 0 Å². The molecule has 0 aromatic heterocycles. The minimum atomic E-state index is -0.701. The van der Waals surface area contributed by atoms with Crippen molar-refractivity contribution in [1.82, 2.24) is 4.90 Å². The Labute approximate surface area is 115 Å². The van der Waals surface area contributed by atoms with Gasteiger partial charge < -0.3 is 15.1 Å². The molecule has 1 saturated heterocycles. The SMILES string of the molecule is O=C(O)C1CCC(O)(CN2CCCCCCC2)CC1. The van der Waals surface area contributed by atoms with E-state index in [4.69, 9.17) is 5.11 Å². The first kappa shape index (κ1) is 14.8. The van der Waals surface area contributed by atoms with Gasteiger partial charge in [-0.2, -0.15) is 0 Å². The standard InChI is InChI=1S/C15H27NO3/c17-14(18)13-6-8-15(19,9-7-13)12-16-10-4-2-1-3-5-11-16/h13,19H,1-12H2,(H,17,18). The highest BCUT2D eigenvalue weighted by Gasteiger charge is 2.36. The Kier molecular flexibility index (Phi) is 5.22. The number of carboxylic acids is 1. The summed E-state index contributed by atoms with van der Waals surface area (Å²) >= 11 is 0. The van der Waals surface area contributed by atoms with Gasteiger partial charge >= 0.3 is 5.97 Å². The molecule has 1 heterocycles. The molecule has 1 aliphatic carbocycles. The third-order valence-corrected chi connectivity index (χ3v) is 4.73. The number of aliphatic hydroxyl groups is 1. The molecule has 2 rings (SSSR count). The van der Waals surface area contributed by atoms with Crippen LogP contribution in [-0.4, -0.2) is 46.3 Å². The molecule has 0 spiro atoms. The number of nitrogens with zero attached hydrogens (tertiary/aromatic N) is 1. The maximum atomic E-state index is 10.9. The predicted octanol–water partition coefficient (Wildman–Crippen LogP) is 2.26. The molecule has 2 aliphatic rings. The predicted molar refractivity (Wildman–Crippen MR) is 74.1 cm³/mol. The Morgan fingerprint density at radius 3 is 2.11 bits per heavy atom. The largest absolute Gasteiger partial charge is 0.481 e.